The first-order valence-electron chi connectivity index (χ1n) is 10.3. The van der Waals surface area contributed by atoms with Gasteiger partial charge in [-0.1, -0.05) is 0 Å². The molecule has 0 radical (unpaired) electrons. The van der Waals surface area contributed by atoms with Gasteiger partial charge < -0.3 is 20.7 Å². The number of aryl methyl sites for hydroxylation is 1. The number of primary amides is 1. The fraction of sp³-hybridized carbons (Fsp3) is 0.429. The van der Waals surface area contributed by atoms with Crippen molar-refractivity contribution in [3.8, 4) is 17.1 Å². The molecule has 0 aromatic carbocycles. The molecular weight excluding hydrogens is 382 g/mol. The van der Waals surface area contributed by atoms with Gasteiger partial charge in [-0.2, -0.15) is 0 Å². The fourth-order valence-electron chi connectivity index (χ4n) is 4.21. The molecule has 2 aliphatic rings. The zero-order chi connectivity index (χ0) is 20.9. The maximum Gasteiger partial charge on any atom is 0.253 e. The molecule has 0 bridgehead atoms. The van der Waals surface area contributed by atoms with Gasteiger partial charge in [-0.05, 0) is 38.8 Å². The predicted octanol–water partition coefficient (Wildman–Crippen LogP) is 1.54. The molecule has 3 N–H and O–H groups in total. The van der Waals surface area contributed by atoms with Crippen molar-refractivity contribution >= 4 is 17.4 Å². The van der Waals surface area contributed by atoms with Crippen LogP contribution in [0.4, 0.5) is 5.82 Å². The molecule has 1 saturated carbocycles. The summed E-state index contributed by atoms with van der Waals surface area (Å²) < 4.78 is 7.40. The number of amides is 1. The third kappa shape index (κ3) is 3.15. The number of pyridine rings is 1. The summed E-state index contributed by atoms with van der Waals surface area (Å²) in [4.78, 5) is 18.9. The number of nitrogens with two attached hydrogens (primary N) is 1. The first-order valence-corrected chi connectivity index (χ1v) is 10.3. The van der Waals surface area contributed by atoms with Gasteiger partial charge in [-0.25, -0.2) is 4.98 Å². The number of rotatable bonds is 5. The van der Waals surface area contributed by atoms with E-state index in [2.05, 4.69) is 25.4 Å². The summed E-state index contributed by atoms with van der Waals surface area (Å²) in [6, 6.07) is 5.70. The lowest BCUT2D eigenvalue weighted by Crippen LogP contribution is -2.52. The molecule has 9 heteroatoms. The van der Waals surface area contributed by atoms with E-state index in [1.807, 2.05) is 30.4 Å². The second kappa shape index (κ2) is 6.94. The largest absolute Gasteiger partial charge is 0.493 e. The molecule has 30 heavy (non-hydrogen) atoms. The summed E-state index contributed by atoms with van der Waals surface area (Å²) in [5.74, 6) is 0.768. The third-order valence-electron chi connectivity index (χ3n) is 5.91. The summed E-state index contributed by atoms with van der Waals surface area (Å²) in [6.45, 7) is 7.06. The second-order valence-electron chi connectivity index (χ2n) is 8.03. The van der Waals surface area contributed by atoms with Gasteiger partial charge >= 0.3 is 0 Å². The molecule has 4 heterocycles. The van der Waals surface area contributed by atoms with Crippen LogP contribution in [0.25, 0.3) is 17.0 Å². The number of hydrogen-bond donors (Lipinski definition) is 2. The van der Waals surface area contributed by atoms with Crippen LogP contribution in [0, 0.1) is 6.92 Å². The summed E-state index contributed by atoms with van der Waals surface area (Å²) in [6.07, 6.45) is 4.12. The van der Waals surface area contributed by atoms with E-state index in [1.165, 1.54) is 12.8 Å². The van der Waals surface area contributed by atoms with Crippen LogP contribution in [0.1, 0.15) is 35.8 Å². The van der Waals surface area contributed by atoms with Gasteiger partial charge in [0, 0.05) is 37.4 Å². The zero-order valence-electron chi connectivity index (χ0n) is 17.2. The summed E-state index contributed by atoms with van der Waals surface area (Å²) in [7, 11) is 0. The minimum absolute atomic E-state index is 0.278. The Morgan fingerprint density at radius 2 is 2.17 bits per heavy atom. The molecular formula is C21H25N7O2. The van der Waals surface area contributed by atoms with Gasteiger partial charge in [0.1, 0.15) is 17.1 Å². The van der Waals surface area contributed by atoms with E-state index in [1.54, 1.807) is 12.3 Å². The summed E-state index contributed by atoms with van der Waals surface area (Å²) in [5.41, 5.74) is 9.09. The maximum atomic E-state index is 11.9. The van der Waals surface area contributed by atoms with E-state index in [-0.39, 0.29) is 5.54 Å². The number of aromatic nitrogens is 4. The number of carbonyl (C=O) groups excluding carboxylic acids is 1. The van der Waals surface area contributed by atoms with Crippen molar-refractivity contribution in [3.05, 3.63) is 35.7 Å². The van der Waals surface area contributed by atoms with Crippen LogP contribution in [-0.2, 0) is 0 Å². The number of nitrogens with zero attached hydrogens (tertiary/aromatic N) is 5. The Labute approximate surface area is 174 Å². The average Bonchev–Trinajstić information content (AvgIpc) is 3.39. The molecule has 3 aromatic rings. The standard InChI is InChI=1S/C21H25N7O2/c1-3-30-16-10-18-24-13(2)19(28(18)11-14(16)20(22)29)15-4-5-17(26-25-15)27-9-8-23-21(12-27)6-7-21/h4-5,10-11,23H,3,6-9,12H2,1-2H3,(H2,22,29). The normalized spacial score (nSPS) is 17.5. The van der Waals surface area contributed by atoms with Crippen molar-refractivity contribution in [2.45, 2.75) is 32.2 Å². The molecule has 2 fully saturated rings. The molecule has 1 aliphatic carbocycles. The van der Waals surface area contributed by atoms with Crippen LogP contribution in [0.5, 0.6) is 5.75 Å². The highest BCUT2D eigenvalue weighted by molar-refractivity contribution is 5.96. The number of ether oxygens (including phenoxy) is 1. The van der Waals surface area contributed by atoms with Gasteiger partial charge in [0.25, 0.3) is 5.91 Å². The van der Waals surface area contributed by atoms with E-state index >= 15 is 0 Å². The van der Waals surface area contributed by atoms with E-state index < -0.39 is 5.91 Å². The van der Waals surface area contributed by atoms with Crippen LogP contribution >= 0.6 is 0 Å². The highest BCUT2D eigenvalue weighted by Crippen LogP contribution is 2.38. The lowest BCUT2D eigenvalue weighted by atomic mass is 10.2. The van der Waals surface area contributed by atoms with Crippen molar-refractivity contribution in [2.75, 3.05) is 31.1 Å². The highest BCUT2D eigenvalue weighted by atomic mass is 16.5. The number of imidazole rings is 1. The van der Waals surface area contributed by atoms with E-state index in [4.69, 9.17) is 10.5 Å². The maximum absolute atomic E-state index is 11.9. The number of carbonyl (C=O) groups is 1. The summed E-state index contributed by atoms with van der Waals surface area (Å²) in [5, 5.41) is 12.6. The van der Waals surface area contributed by atoms with Crippen LogP contribution in [0.15, 0.2) is 24.4 Å². The Bertz CT molecular complexity index is 1120. The molecule has 1 spiro atoms. The average molecular weight is 407 g/mol. The van der Waals surface area contributed by atoms with Gasteiger partial charge in [0.15, 0.2) is 5.82 Å². The van der Waals surface area contributed by atoms with Gasteiger partial charge in [0.2, 0.25) is 0 Å². The lowest BCUT2D eigenvalue weighted by molar-refractivity contribution is 0.0996. The predicted molar refractivity (Wildman–Crippen MR) is 113 cm³/mol. The fourth-order valence-corrected chi connectivity index (χ4v) is 4.21. The molecule has 9 nitrogen and oxygen atoms in total. The molecule has 1 saturated heterocycles. The number of anilines is 1. The monoisotopic (exact) mass is 407 g/mol. The quantitative estimate of drug-likeness (QED) is 0.660. The Hall–Kier alpha value is -3.20. The van der Waals surface area contributed by atoms with Gasteiger partial charge in [-0.3, -0.25) is 9.20 Å². The van der Waals surface area contributed by atoms with Crippen LogP contribution in [0.2, 0.25) is 0 Å². The minimum Gasteiger partial charge on any atom is -0.493 e. The van der Waals surface area contributed by atoms with Crippen LogP contribution in [-0.4, -0.2) is 57.3 Å². The molecule has 0 atom stereocenters. The minimum atomic E-state index is -0.549. The number of nitrogens with one attached hydrogen (secondary N) is 1. The van der Waals surface area contributed by atoms with Crippen molar-refractivity contribution in [2.24, 2.45) is 5.73 Å². The van der Waals surface area contributed by atoms with Gasteiger partial charge in [-0.15, -0.1) is 10.2 Å². The molecule has 0 unspecified atom stereocenters. The smallest absolute Gasteiger partial charge is 0.253 e. The Morgan fingerprint density at radius 1 is 1.33 bits per heavy atom. The zero-order valence-corrected chi connectivity index (χ0v) is 17.2. The Morgan fingerprint density at radius 3 is 2.83 bits per heavy atom. The number of piperazine rings is 1. The van der Waals surface area contributed by atoms with Crippen LogP contribution < -0.4 is 20.7 Å². The molecule has 1 aliphatic heterocycles. The van der Waals surface area contributed by atoms with Crippen molar-refractivity contribution < 1.29 is 9.53 Å². The third-order valence-corrected chi connectivity index (χ3v) is 5.91. The molecule has 156 valence electrons. The van der Waals surface area contributed by atoms with E-state index in [0.29, 0.717) is 29.3 Å². The molecule has 1 amide bonds. The Kier molecular flexibility index (Phi) is 4.35. The topological polar surface area (TPSA) is 111 Å². The number of hydrogen-bond acceptors (Lipinski definition) is 7. The van der Waals surface area contributed by atoms with E-state index in [0.717, 1.165) is 36.8 Å². The van der Waals surface area contributed by atoms with E-state index in [9.17, 15) is 4.79 Å². The number of fused-ring (bicyclic) bond motifs is 1. The molecule has 5 rings (SSSR count). The lowest BCUT2D eigenvalue weighted by Gasteiger charge is -2.34. The first kappa shape index (κ1) is 18.8. The summed E-state index contributed by atoms with van der Waals surface area (Å²) >= 11 is 0. The molecule has 3 aromatic heterocycles. The second-order valence-corrected chi connectivity index (χ2v) is 8.03. The van der Waals surface area contributed by atoms with Crippen molar-refractivity contribution in [1.82, 2.24) is 24.9 Å². The SMILES string of the molecule is CCOc1cc2nc(C)c(-c3ccc(N4CCNC5(CC5)C4)nn3)n2cc1C(N)=O. The Balaban J connectivity index is 1.51. The highest BCUT2D eigenvalue weighted by Gasteiger charge is 2.45. The first-order chi connectivity index (χ1) is 14.5. The van der Waals surface area contributed by atoms with Crippen molar-refractivity contribution in [1.29, 1.82) is 0 Å². The van der Waals surface area contributed by atoms with Crippen molar-refractivity contribution in [3.63, 3.8) is 0 Å². The van der Waals surface area contributed by atoms with Gasteiger partial charge in [0.05, 0.1) is 23.6 Å². The van der Waals surface area contributed by atoms with Crippen LogP contribution in [0.3, 0.4) is 0 Å².